The quantitative estimate of drug-likeness (QED) is 0.926. The molecule has 2 atom stereocenters. The summed E-state index contributed by atoms with van der Waals surface area (Å²) in [6.45, 7) is 1.95. The first-order valence-electron chi connectivity index (χ1n) is 7.54. The molecule has 1 N–H and O–H groups in total. The van der Waals surface area contributed by atoms with Gasteiger partial charge in [-0.2, -0.15) is 0 Å². The van der Waals surface area contributed by atoms with Gasteiger partial charge in [0.05, 0.1) is 17.7 Å². The zero-order chi connectivity index (χ0) is 15.0. The summed E-state index contributed by atoms with van der Waals surface area (Å²) >= 11 is 0. The molecule has 1 amide bonds. The van der Waals surface area contributed by atoms with Crippen LogP contribution in [0.25, 0.3) is 0 Å². The van der Waals surface area contributed by atoms with Gasteiger partial charge in [-0.1, -0.05) is 6.07 Å². The molecule has 0 radical (unpaired) electrons. The van der Waals surface area contributed by atoms with E-state index in [2.05, 4.69) is 4.98 Å². The number of carboxylic acids is 1. The molecule has 1 aromatic heterocycles. The molecule has 5 nitrogen and oxygen atoms in total. The van der Waals surface area contributed by atoms with E-state index in [4.69, 9.17) is 0 Å². The zero-order valence-electron chi connectivity index (χ0n) is 12.2. The predicted molar refractivity (Wildman–Crippen MR) is 76.6 cm³/mol. The highest BCUT2D eigenvalue weighted by Gasteiger charge is 2.45. The van der Waals surface area contributed by atoms with Crippen LogP contribution in [0.5, 0.6) is 0 Å². The van der Waals surface area contributed by atoms with Gasteiger partial charge in [-0.25, -0.2) is 0 Å². The summed E-state index contributed by atoms with van der Waals surface area (Å²) < 4.78 is 0. The topological polar surface area (TPSA) is 70.5 Å². The van der Waals surface area contributed by atoms with Crippen LogP contribution in [0.4, 0.5) is 0 Å². The lowest BCUT2D eigenvalue weighted by Gasteiger charge is -2.33. The second-order valence-corrected chi connectivity index (χ2v) is 6.07. The van der Waals surface area contributed by atoms with Crippen molar-refractivity contribution in [3.05, 3.63) is 29.6 Å². The second kappa shape index (κ2) is 5.47. The number of pyridine rings is 1. The van der Waals surface area contributed by atoms with E-state index in [0.29, 0.717) is 25.0 Å². The maximum atomic E-state index is 12.4. The van der Waals surface area contributed by atoms with E-state index in [1.165, 1.54) is 0 Å². The summed E-state index contributed by atoms with van der Waals surface area (Å²) in [6.07, 6.45) is 5.31. The maximum absolute atomic E-state index is 12.4. The molecule has 1 saturated heterocycles. The average Bonchev–Trinajstić information content (AvgIpc) is 3.26. The van der Waals surface area contributed by atoms with E-state index >= 15 is 0 Å². The third-order valence-electron chi connectivity index (χ3n) is 4.37. The molecule has 0 spiro atoms. The summed E-state index contributed by atoms with van der Waals surface area (Å²) in [5.41, 5.74) is 1.73. The van der Waals surface area contributed by atoms with E-state index in [0.717, 1.165) is 18.4 Å². The minimum Gasteiger partial charge on any atom is -0.481 e. The fraction of sp³-hybridized carbons (Fsp3) is 0.562. The van der Waals surface area contributed by atoms with E-state index in [1.807, 2.05) is 24.0 Å². The van der Waals surface area contributed by atoms with Crippen LogP contribution in [0.3, 0.4) is 0 Å². The Kier molecular flexibility index (Phi) is 3.66. The summed E-state index contributed by atoms with van der Waals surface area (Å²) in [4.78, 5) is 30.3. The minimum absolute atomic E-state index is 0.0774. The standard InChI is InChI=1S/C16H20N2O3/c1-10-5-8-13(17-9-10)15-12(16(20)21)3-2-4-14(19)18(15)11-6-7-11/h5,8-9,11-12,15H,2-4,6-7H2,1H3,(H,20,21). The van der Waals surface area contributed by atoms with Gasteiger partial charge in [0.15, 0.2) is 0 Å². The lowest BCUT2D eigenvalue weighted by molar-refractivity contribution is -0.146. The number of likely N-dealkylation sites (tertiary alicyclic amines) is 1. The van der Waals surface area contributed by atoms with Crippen LogP contribution in [0.15, 0.2) is 18.3 Å². The fourth-order valence-corrected chi connectivity index (χ4v) is 3.15. The highest BCUT2D eigenvalue weighted by Crippen LogP contribution is 2.42. The second-order valence-electron chi connectivity index (χ2n) is 6.07. The Labute approximate surface area is 124 Å². The van der Waals surface area contributed by atoms with Crippen LogP contribution < -0.4 is 0 Å². The number of carbonyl (C=O) groups excluding carboxylic acids is 1. The fourth-order valence-electron chi connectivity index (χ4n) is 3.15. The molecule has 1 saturated carbocycles. The molecule has 0 aromatic carbocycles. The number of amides is 1. The lowest BCUT2D eigenvalue weighted by Crippen LogP contribution is -2.40. The third-order valence-corrected chi connectivity index (χ3v) is 4.37. The van der Waals surface area contributed by atoms with Crippen molar-refractivity contribution < 1.29 is 14.7 Å². The van der Waals surface area contributed by atoms with Crippen LogP contribution in [0, 0.1) is 12.8 Å². The van der Waals surface area contributed by atoms with Crippen molar-refractivity contribution in [1.82, 2.24) is 9.88 Å². The molecule has 0 bridgehead atoms. The monoisotopic (exact) mass is 288 g/mol. The molecule has 2 fully saturated rings. The third kappa shape index (κ3) is 2.77. The molecular weight excluding hydrogens is 268 g/mol. The van der Waals surface area contributed by atoms with Crippen LogP contribution in [-0.4, -0.2) is 32.9 Å². The molecule has 3 rings (SSSR count). The van der Waals surface area contributed by atoms with Crippen LogP contribution in [0.2, 0.25) is 0 Å². The van der Waals surface area contributed by atoms with Gasteiger partial charge in [0.2, 0.25) is 5.91 Å². The number of hydrogen-bond acceptors (Lipinski definition) is 3. The van der Waals surface area contributed by atoms with Crippen LogP contribution in [0.1, 0.15) is 49.4 Å². The van der Waals surface area contributed by atoms with Gasteiger partial charge in [-0.05, 0) is 44.2 Å². The smallest absolute Gasteiger partial charge is 0.309 e. The van der Waals surface area contributed by atoms with Crippen molar-refractivity contribution in [1.29, 1.82) is 0 Å². The predicted octanol–water partition coefficient (Wildman–Crippen LogP) is 2.31. The van der Waals surface area contributed by atoms with Crippen molar-refractivity contribution in [3.63, 3.8) is 0 Å². The molecule has 1 aliphatic heterocycles. The molecular formula is C16H20N2O3. The van der Waals surface area contributed by atoms with E-state index < -0.39 is 17.9 Å². The Bertz CT molecular complexity index is 551. The van der Waals surface area contributed by atoms with Crippen molar-refractivity contribution in [2.24, 2.45) is 5.92 Å². The number of rotatable bonds is 3. The molecule has 1 aromatic rings. The highest BCUT2D eigenvalue weighted by molar-refractivity contribution is 5.80. The Morgan fingerprint density at radius 1 is 1.33 bits per heavy atom. The van der Waals surface area contributed by atoms with Crippen molar-refractivity contribution in [2.75, 3.05) is 0 Å². The van der Waals surface area contributed by atoms with E-state index in [1.54, 1.807) is 6.20 Å². The Morgan fingerprint density at radius 3 is 2.67 bits per heavy atom. The molecule has 2 heterocycles. The van der Waals surface area contributed by atoms with Crippen molar-refractivity contribution in [3.8, 4) is 0 Å². The molecule has 21 heavy (non-hydrogen) atoms. The van der Waals surface area contributed by atoms with Gasteiger partial charge >= 0.3 is 5.97 Å². The summed E-state index contributed by atoms with van der Waals surface area (Å²) in [7, 11) is 0. The van der Waals surface area contributed by atoms with Crippen LogP contribution >= 0.6 is 0 Å². The summed E-state index contributed by atoms with van der Waals surface area (Å²) in [6, 6.07) is 3.57. The largest absolute Gasteiger partial charge is 0.481 e. The first kappa shape index (κ1) is 14.0. The van der Waals surface area contributed by atoms with Gasteiger partial charge in [0, 0.05) is 18.7 Å². The first-order valence-corrected chi connectivity index (χ1v) is 7.54. The van der Waals surface area contributed by atoms with Gasteiger partial charge in [-0.3, -0.25) is 14.6 Å². The molecule has 5 heteroatoms. The molecule has 2 aliphatic rings. The summed E-state index contributed by atoms with van der Waals surface area (Å²) in [5, 5.41) is 9.59. The van der Waals surface area contributed by atoms with Gasteiger partial charge in [0.25, 0.3) is 0 Å². The van der Waals surface area contributed by atoms with E-state index in [9.17, 15) is 14.7 Å². The SMILES string of the molecule is Cc1ccc(C2C(C(=O)O)CCCC(=O)N2C2CC2)nc1. The number of nitrogens with zero attached hydrogens (tertiary/aromatic N) is 2. The van der Waals surface area contributed by atoms with E-state index in [-0.39, 0.29) is 11.9 Å². The first-order chi connectivity index (χ1) is 10.1. The number of aliphatic carboxylic acids is 1. The van der Waals surface area contributed by atoms with Gasteiger partial charge in [-0.15, -0.1) is 0 Å². The number of hydrogen-bond donors (Lipinski definition) is 1. The van der Waals surface area contributed by atoms with Crippen molar-refractivity contribution >= 4 is 11.9 Å². The molecule has 112 valence electrons. The zero-order valence-corrected chi connectivity index (χ0v) is 12.2. The Balaban J connectivity index is 2.03. The highest BCUT2D eigenvalue weighted by atomic mass is 16.4. The lowest BCUT2D eigenvalue weighted by atomic mass is 9.91. The van der Waals surface area contributed by atoms with Crippen LogP contribution in [-0.2, 0) is 9.59 Å². The maximum Gasteiger partial charge on any atom is 0.309 e. The van der Waals surface area contributed by atoms with Crippen molar-refractivity contribution in [2.45, 2.75) is 51.1 Å². The van der Waals surface area contributed by atoms with Gasteiger partial charge < -0.3 is 10.0 Å². The number of aryl methyl sites for hydroxylation is 1. The number of carbonyl (C=O) groups is 2. The Morgan fingerprint density at radius 2 is 2.10 bits per heavy atom. The number of aromatic nitrogens is 1. The Hall–Kier alpha value is -1.91. The van der Waals surface area contributed by atoms with Gasteiger partial charge in [0.1, 0.15) is 0 Å². The summed E-state index contributed by atoms with van der Waals surface area (Å²) in [5.74, 6) is -1.32. The normalized spacial score (nSPS) is 26.5. The molecule has 1 aliphatic carbocycles. The average molecular weight is 288 g/mol. The number of carboxylic acid groups (broad SMARTS) is 1. The molecule has 2 unspecified atom stereocenters. The minimum atomic E-state index is -0.831.